The van der Waals surface area contributed by atoms with Crippen LogP contribution >= 0.6 is 11.6 Å². The van der Waals surface area contributed by atoms with Crippen LogP contribution in [-0.4, -0.2) is 29.6 Å². The summed E-state index contributed by atoms with van der Waals surface area (Å²) in [6.45, 7) is 0. The molecule has 0 spiro atoms. The number of rotatable bonds is 4. The molecular weight excluding hydrogens is 296 g/mol. The van der Waals surface area contributed by atoms with Crippen molar-refractivity contribution in [2.24, 2.45) is 0 Å². The first-order valence-electron chi connectivity index (χ1n) is 4.93. The van der Waals surface area contributed by atoms with Gasteiger partial charge in [-0.3, -0.25) is 0 Å². The van der Waals surface area contributed by atoms with E-state index in [0.717, 1.165) is 0 Å². The Morgan fingerprint density at radius 1 is 1.32 bits per heavy atom. The number of aromatic carboxylic acids is 1. The normalized spacial score (nSPS) is 11.4. The Hall–Kier alpha value is -1.93. The second-order valence-corrected chi connectivity index (χ2v) is 5.96. The molecule has 0 unspecified atom stereocenters. The molecule has 7 nitrogen and oxygen atoms in total. The van der Waals surface area contributed by atoms with Crippen molar-refractivity contribution in [1.82, 2.24) is 10.1 Å². The van der Waals surface area contributed by atoms with E-state index in [-0.39, 0.29) is 10.7 Å². The van der Waals surface area contributed by atoms with Crippen LogP contribution in [0.15, 0.2) is 33.7 Å². The number of hydrogen-bond donors (Lipinski definition) is 1. The Balaban J connectivity index is 2.25. The average Bonchev–Trinajstić information content (AvgIpc) is 2.77. The van der Waals surface area contributed by atoms with E-state index < -0.39 is 27.5 Å². The molecule has 0 saturated heterocycles. The van der Waals surface area contributed by atoms with Crippen LogP contribution in [0, 0.1) is 0 Å². The molecule has 1 heterocycles. The maximum absolute atomic E-state index is 12.0. The van der Waals surface area contributed by atoms with Gasteiger partial charge < -0.3 is 9.63 Å². The Labute approximate surface area is 112 Å². The smallest absolute Gasteiger partial charge is 0.394 e. The molecule has 100 valence electrons. The van der Waals surface area contributed by atoms with Crippen molar-refractivity contribution in [2.75, 3.05) is 0 Å². The standard InChI is InChI=1S/C10H7ClN2O5S/c11-6-1-3-7(4-2-6)19(16,17)5-8-12-9(10(14)15)18-13-8/h1-4H,5H2,(H,14,15). The van der Waals surface area contributed by atoms with Crippen LogP contribution in [0.2, 0.25) is 5.02 Å². The van der Waals surface area contributed by atoms with E-state index in [1.165, 1.54) is 24.3 Å². The highest BCUT2D eigenvalue weighted by Gasteiger charge is 2.21. The number of sulfone groups is 1. The van der Waals surface area contributed by atoms with Crippen molar-refractivity contribution in [3.05, 3.63) is 41.0 Å². The minimum absolute atomic E-state index is 0.0403. The van der Waals surface area contributed by atoms with Gasteiger partial charge in [0.1, 0.15) is 5.75 Å². The zero-order valence-corrected chi connectivity index (χ0v) is 10.8. The summed E-state index contributed by atoms with van der Waals surface area (Å²) in [5, 5.41) is 12.3. The van der Waals surface area contributed by atoms with E-state index in [1.54, 1.807) is 0 Å². The number of benzene rings is 1. The predicted octanol–water partition coefficient (Wildman–Crippen LogP) is 1.40. The molecule has 2 aromatic rings. The number of aromatic nitrogens is 2. The first-order valence-corrected chi connectivity index (χ1v) is 6.96. The fourth-order valence-electron chi connectivity index (χ4n) is 1.29. The Morgan fingerprint density at radius 2 is 1.95 bits per heavy atom. The minimum atomic E-state index is -3.68. The summed E-state index contributed by atoms with van der Waals surface area (Å²) < 4.78 is 28.3. The fourth-order valence-corrected chi connectivity index (χ4v) is 2.60. The van der Waals surface area contributed by atoms with Crippen LogP contribution in [0.4, 0.5) is 0 Å². The Kier molecular flexibility index (Phi) is 3.54. The Bertz CT molecular complexity index is 708. The van der Waals surface area contributed by atoms with Crippen molar-refractivity contribution in [1.29, 1.82) is 0 Å². The van der Waals surface area contributed by atoms with Crippen LogP contribution < -0.4 is 0 Å². The van der Waals surface area contributed by atoms with E-state index in [9.17, 15) is 13.2 Å². The molecule has 2 rings (SSSR count). The third kappa shape index (κ3) is 3.09. The quantitative estimate of drug-likeness (QED) is 0.908. The SMILES string of the molecule is O=C(O)c1nc(CS(=O)(=O)c2ccc(Cl)cc2)no1. The number of carboxylic acids is 1. The van der Waals surface area contributed by atoms with Gasteiger partial charge in [-0.05, 0) is 24.3 Å². The maximum atomic E-state index is 12.0. The molecule has 0 amide bonds. The molecule has 0 radical (unpaired) electrons. The van der Waals surface area contributed by atoms with E-state index in [2.05, 4.69) is 14.7 Å². The molecule has 1 aromatic carbocycles. The molecule has 0 bridgehead atoms. The highest BCUT2D eigenvalue weighted by Crippen LogP contribution is 2.17. The zero-order valence-electron chi connectivity index (χ0n) is 9.28. The third-order valence-electron chi connectivity index (χ3n) is 2.14. The summed E-state index contributed by atoms with van der Waals surface area (Å²) in [4.78, 5) is 14.0. The molecule has 0 aliphatic rings. The first-order chi connectivity index (χ1) is 8.88. The lowest BCUT2D eigenvalue weighted by Crippen LogP contribution is -2.06. The van der Waals surface area contributed by atoms with Crippen LogP contribution in [0.25, 0.3) is 0 Å². The van der Waals surface area contributed by atoms with Gasteiger partial charge in [-0.15, -0.1) is 0 Å². The van der Waals surface area contributed by atoms with E-state index in [4.69, 9.17) is 16.7 Å². The zero-order chi connectivity index (χ0) is 14.0. The highest BCUT2D eigenvalue weighted by atomic mass is 35.5. The number of carboxylic acid groups (broad SMARTS) is 1. The van der Waals surface area contributed by atoms with Gasteiger partial charge in [0.25, 0.3) is 0 Å². The summed E-state index contributed by atoms with van der Waals surface area (Å²) in [7, 11) is -3.68. The molecule has 0 atom stereocenters. The summed E-state index contributed by atoms with van der Waals surface area (Å²) in [5.41, 5.74) is 0. The van der Waals surface area contributed by atoms with Gasteiger partial charge in [-0.2, -0.15) is 4.98 Å². The average molecular weight is 303 g/mol. The lowest BCUT2D eigenvalue weighted by molar-refractivity contribution is 0.0643. The van der Waals surface area contributed by atoms with Gasteiger partial charge in [0.05, 0.1) is 4.90 Å². The third-order valence-corrected chi connectivity index (χ3v) is 4.02. The van der Waals surface area contributed by atoms with E-state index in [1.807, 2.05) is 0 Å². The predicted molar refractivity (Wildman–Crippen MR) is 63.6 cm³/mol. The monoisotopic (exact) mass is 302 g/mol. The number of carbonyl (C=O) groups is 1. The van der Waals surface area contributed by atoms with Crippen molar-refractivity contribution >= 4 is 27.4 Å². The summed E-state index contributed by atoms with van der Waals surface area (Å²) >= 11 is 5.66. The van der Waals surface area contributed by atoms with Crippen molar-refractivity contribution in [3.8, 4) is 0 Å². The molecule has 0 aliphatic heterocycles. The summed E-state index contributed by atoms with van der Waals surface area (Å²) in [6.07, 6.45) is 0. The van der Waals surface area contributed by atoms with Gasteiger partial charge in [-0.25, -0.2) is 13.2 Å². The van der Waals surface area contributed by atoms with Crippen LogP contribution in [0.1, 0.15) is 16.5 Å². The lowest BCUT2D eigenvalue weighted by atomic mass is 10.4. The van der Waals surface area contributed by atoms with Crippen molar-refractivity contribution in [2.45, 2.75) is 10.6 Å². The number of nitrogens with zero attached hydrogens (tertiary/aromatic N) is 2. The number of halogens is 1. The van der Waals surface area contributed by atoms with Crippen LogP contribution in [0.5, 0.6) is 0 Å². The van der Waals surface area contributed by atoms with E-state index in [0.29, 0.717) is 5.02 Å². The van der Waals surface area contributed by atoms with Gasteiger partial charge in [-0.1, -0.05) is 16.8 Å². The highest BCUT2D eigenvalue weighted by molar-refractivity contribution is 7.90. The molecular formula is C10H7ClN2O5S. The second-order valence-electron chi connectivity index (χ2n) is 3.53. The molecule has 9 heteroatoms. The van der Waals surface area contributed by atoms with E-state index >= 15 is 0 Å². The van der Waals surface area contributed by atoms with Gasteiger partial charge in [0.2, 0.25) is 0 Å². The van der Waals surface area contributed by atoms with Gasteiger partial charge in [0.15, 0.2) is 15.7 Å². The molecule has 0 fully saturated rings. The van der Waals surface area contributed by atoms with Crippen LogP contribution in [0.3, 0.4) is 0 Å². The molecule has 19 heavy (non-hydrogen) atoms. The summed E-state index contributed by atoms with van der Waals surface area (Å²) in [6, 6.07) is 5.56. The maximum Gasteiger partial charge on any atom is 0.394 e. The summed E-state index contributed by atoms with van der Waals surface area (Å²) in [5.74, 6) is -2.83. The van der Waals surface area contributed by atoms with Crippen molar-refractivity contribution in [3.63, 3.8) is 0 Å². The van der Waals surface area contributed by atoms with Crippen LogP contribution in [-0.2, 0) is 15.6 Å². The fraction of sp³-hybridized carbons (Fsp3) is 0.100. The molecule has 0 saturated carbocycles. The first kappa shape index (κ1) is 13.5. The molecule has 1 N–H and O–H groups in total. The minimum Gasteiger partial charge on any atom is -0.474 e. The topological polar surface area (TPSA) is 110 Å². The number of hydrogen-bond acceptors (Lipinski definition) is 6. The van der Waals surface area contributed by atoms with Gasteiger partial charge >= 0.3 is 11.9 Å². The molecule has 1 aromatic heterocycles. The second kappa shape index (κ2) is 4.98. The van der Waals surface area contributed by atoms with Gasteiger partial charge in [0, 0.05) is 5.02 Å². The molecule has 0 aliphatic carbocycles. The lowest BCUT2D eigenvalue weighted by Gasteiger charge is -2.01. The largest absolute Gasteiger partial charge is 0.474 e. The van der Waals surface area contributed by atoms with Crippen molar-refractivity contribution < 1.29 is 22.8 Å². The Morgan fingerprint density at radius 3 is 2.47 bits per heavy atom.